The van der Waals surface area contributed by atoms with Crippen molar-refractivity contribution < 1.29 is 0 Å². The van der Waals surface area contributed by atoms with Gasteiger partial charge in [0.1, 0.15) is 12.2 Å². The van der Waals surface area contributed by atoms with E-state index in [0.717, 1.165) is 25.3 Å². The van der Waals surface area contributed by atoms with Gasteiger partial charge in [-0.15, -0.1) is 0 Å². The fourth-order valence-corrected chi connectivity index (χ4v) is 3.37. The molecule has 1 aliphatic rings. The number of nitrogens with two attached hydrogens (primary N) is 1. The van der Waals surface area contributed by atoms with Gasteiger partial charge in [0.15, 0.2) is 0 Å². The van der Waals surface area contributed by atoms with E-state index in [4.69, 9.17) is 5.73 Å². The van der Waals surface area contributed by atoms with E-state index in [1.165, 1.54) is 44.9 Å². The van der Waals surface area contributed by atoms with Crippen molar-refractivity contribution in [1.29, 1.82) is 0 Å². The molecule has 4 heteroatoms. The van der Waals surface area contributed by atoms with Gasteiger partial charge in [-0.05, 0) is 30.7 Å². The van der Waals surface area contributed by atoms with Gasteiger partial charge in [0, 0.05) is 13.0 Å². The lowest BCUT2D eigenvalue weighted by Gasteiger charge is -2.34. The molecule has 0 aromatic carbocycles. The first-order valence-corrected chi connectivity index (χ1v) is 8.22. The monoisotopic (exact) mass is 278 g/mol. The zero-order chi connectivity index (χ0) is 14.4. The predicted molar refractivity (Wildman–Crippen MR) is 82.4 cm³/mol. The van der Waals surface area contributed by atoms with Crippen LogP contribution in [0.5, 0.6) is 0 Å². The molecule has 1 aromatic rings. The van der Waals surface area contributed by atoms with Gasteiger partial charge < -0.3 is 5.73 Å². The Morgan fingerprint density at radius 2 is 1.85 bits per heavy atom. The van der Waals surface area contributed by atoms with Gasteiger partial charge >= 0.3 is 0 Å². The van der Waals surface area contributed by atoms with E-state index >= 15 is 0 Å². The summed E-state index contributed by atoms with van der Waals surface area (Å²) >= 11 is 0. The van der Waals surface area contributed by atoms with E-state index < -0.39 is 0 Å². The zero-order valence-corrected chi connectivity index (χ0v) is 13.1. The molecule has 1 heterocycles. The third-order valence-electron chi connectivity index (χ3n) is 4.61. The Bertz CT molecular complexity index is 389. The maximum atomic E-state index is 6.17. The molecule has 0 spiro atoms. The topological polar surface area (TPSA) is 56.7 Å². The van der Waals surface area contributed by atoms with E-state index in [0.29, 0.717) is 5.92 Å². The van der Waals surface area contributed by atoms with E-state index in [9.17, 15) is 0 Å². The van der Waals surface area contributed by atoms with Crippen molar-refractivity contribution >= 4 is 0 Å². The van der Waals surface area contributed by atoms with Gasteiger partial charge in [-0.2, -0.15) is 5.10 Å². The van der Waals surface area contributed by atoms with Crippen molar-refractivity contribution in [2.45, 2.75) is 71.8 Å². The number of aromatic nitrogens is 3. The van der Waals surface area contributed by atoms with Gasteiger partial charge in [-0.1, -0.05) is 46.0 Å². The Labute approximate surface area is 123 Å². The van der Waals surface area contributed by atoms with E-state index in [1.807, 2.05) is 0 Å². The summed E-state index contributed by atoms with van der Waals surface area (Å²) < 4.78 is 2.08. The lowest BCUT2D eigenvalue weighted by Crippen LogP contribution is -2.35. The molecule has 2 rings (SSSR count). The van der Waals surface area contributed by atoms with Crippen LogP contribution in [0.25, 0.3) is 0 Å². The van der Waals surface area contributed by atoms with Crippen LogP contribution in [0, 0.1) is 11.3 Å². The summed E-state index contributed by atoms with van der Waals surface area (Å²) in [5, 5.41) is 4.39. The molecular formula is C16H30N4. The maximum Gasteiger partial charge on any atom is 0.138 e. The Morgan fingerprint density at radius 1 is 1.20 bits per heavy atom. The normalized spacial score (nSPS) is 19.8. The Hall–Kier alpha value is -0.900. The summed E-state index contributed by atoms with van der Waals surface area (Å²) in [6.07, 6.45) is 11.9. The minimum atomic E-state index is 0.252. The van der Waals surface area contributed by atoms with Crippen LogP contribution in [0.1, 0.15) is 64.6 Å². The molecule has 0 atom stereocenters. The molecule has 20 heavy (non-hydrogen) atoms. The third-order valence-corrected chi connectivity index (χ3v) is 4.61. The second-order valence-electron chi connectivity index (χ2n) is 6.90. The van der Waals surface area contributed by atoms with Crippen LogP contribution < -0.4 is 5.73 Å². The number of rotatable bonds is 5. The summed E-state index contributed by atoms with van der Waals surface area (Å²) in [5.41, 5.74) is 6.42. The number of hydrogen-bond donors (Lipinski definition) is 1. The van der Waals surface area contributed by atoms with E-state index in [2.05, 4.69) is 28.6 Å². The molecule has 0 aliphatic heterocycles. The van der Waals surface area contributed by atoms with Gasteiger partial charge in [0.2, 0.25) is 0 Å². The smallest absolute Gasteiger partial charge is 0.138 e. The Morgan fingerprint density at radius 3 is 2.45 bits per heavy atom. The highest BCUT2D eigenvalue weighted by Gasteiger charge is 2.31. The molecule has 0 unspecified atom stereocenters. The first-order valence-electron chi connectivity index (χ1n) is 8.22. The van der Waals surface area contributed by atoms with E-state index in [1.54, 1.807) is 6.33 Å². The summed E-state index contributed by atoms with van der Waals surface area (Å²) in [6.45, 7) is 6.18. The minimum absolute atomic E-state index is 0.252. The quantitative estimate of drug-likeness (QED) is 0.900. The van der Waals surface area contributed by atoms with Crippen molar-refractivity contribution in [3.05, 3.63) is 12.2 Å². The molecule has 0 bridgehead atoms. The molecule has 0 saturated heterocycles. The second-order valence-corrected chi connectivity index (χ2v) is 6.90. The van der Waals surface area contributed by atoms with Gasteiger partial charge in [0.05, 0.1) is 0 Å². The highest BCUT2D eigenvalue weighted by Crippen LogP contribution is 2.36. The molecular weight excluding hydrogens is 248 g/mol. The van der Waals surface area contributed by atoms with Crippen LogP contribution >= 0.6 is 0 Å². The molecule has 1 aliphatic carbocycles. The van der Waals surface area contributed by atoms with Crippen LogP contribution in [-0.2, 0) is 13.0 Å². The Balaban J connectivity index is 2.09. The molecule has 114 valence electrons. The number of hydrogen-bond acceptors (Lipinski definition) is 3. The van der Waals surface area contributed by atoms with Crippen molar-refractivity contribution in [3.8, 4) is 0 Å². The van der Waals surface area contributed by atoms with Crippen molar-refractivity contribution in [3.63, 3.8) is 0 Å². The summed E-state index contributed by atoms with van der Waals surface area (Å²) in [7, 11) is 0. The largest absolute Gasteiger partial charge is 0.330 e. The molecule has 4 nitrogen and oxygen atoms in total. The van der Waals surface area contributed by atoms with Gasteiger partial charge in [-0.3, -0.25) is 0 Å². The lowest BCUT2D eigenvalue weighted by atomic mass is 9.73. The average Bonchev–Trinajstić information content (AvgIpc) is 2.79. The zero-order valence-electron chi connectivity index (χ0n) is 13.1. The predicted octanol–water partition coefficient (Wildman–Crippen LogP) is 3.17. The fourth-order valence-electron chi connectivity index (χ4n) is 3.37. The molecule has 1 aromatic heterocycles. The van der Waals surface area contributed by atoms with Crippen LogP contribution in [0.3, 0.4) is 0 Å². The first kappa shape index (κ1) is 15.5. The van der Waals surface area contributed by atoms with E-state index in [-0.39, 0.29) is 5.41 Å². The third kappa shape index (κ3) is 4.05. The second kappa shape index (κ2) is 7.21. The molecule has 0 amide bonds. The van der Waals surface area contributed by atoms with Crippen molar-refractivity contribution in [2.75, 3.05) is 6.54 Å². The van der Waals surface area contributed by atoms with Crippen molar-refractivity contribution in [2.24, 2.45) is 17.1 Å². The number of nitrogens with zero attached hydrogens (tertiary/aromatic N) is 3. The van der Waals surface area contributed by atoms with Crippen LogP contribution in [0.15, 0.2) is 6.33 Å². The highest BCUT2D eigenvalue weighted by atomic mass is 15.3. The van der Waals surface area contributed by atoms with Gasteiger partial charge in [-0.25, -0.2) is 9.67 Å². The highest BCUT2D eigenvalue weighted by molar-refractivity contribution is 4.95. The van der Waals surface area contributed by atoms with Crippen molar-refractivity contribution in [1.82, 2.24) is 14.8 Å². The molecule has 2 N–H and O–H groups in total. The summed E-state index contributed by atoms with van der Waals surface area (Å²) in [6, 6.07) is 0. The standard InChI is InChI=1S/C16H30N4/c1-14(2)11-20-15(18-13-19-20)10-16(12-17)8-6-4-3-5-7-9-16/h13-14H,3-12,17H2,1-2H3. The van der Waals surface area contributed by atoms with Crippen LogP contribution in [0.4, 0.5) is 0 Å². The van der Waals surface area contributed by atoms with Crippen LogP contribution in [0.2, 0.25) is 0 Å². The lowest BCUT2D eigenvalue weighted by molar-refractivity contribution is 0.209. The van der Waals surface area contributed by atoms with Crippen LogP contribution in [-0.4, -0.2) is 21.3 Å². The summed E-state index contributed by atoms with van der Waals surface area (Å²) in [5.74, 6) is 1.73. The average molecular weight is 278 g/mol. The minimum Gasteiger partial charge on any atom is -0.330 e. The summed E-state index contributed by atoms with van der Waals surface area (Å²) in [4.78, 5) is 4.51. The molecule has 0 radical (unpaired) electrons. The SMILES string of the molecule is CC(C)Cn1ncnc1CC1(CN)CCCCCCC1. The Kier molecular flexibility index (Phi) is 5.58. The first-order chi connectivity index (χ1) is 9.65. The maximum absolute atomic E-state index is 6.17. The molecule has 1 fully saturated rings. The molecule has 1 saturated carbocycles. The fraction of sp³-hybridized carbons (Fsp3) is 0.875. The van der Waals surface area contributed by atoms with Gasteiger partial charge in [0.25, 0.3) is 0 Å².